The first kappa shape index (κ1) is 21.2. The lowest BCUT2D eigenvalue weighted by Gasteiger charge is -2.15. The number of carbonyl (C=O) groups excluding carboxylic acids is 1. The summed E-state index contributed by atoms with van der Waals surface area (Å²) >= 11 is 0. The zero-order valence-electron chi connectivity index (χ0n) is 17.6. The Morgan fingerprint density at radius 3 is 2.62 bits per heavy atom. The Bertz CT molecular complexity index is 781. The average Bonchev–Trinajstić information content (AvgIpc) is 3.15. The number of amides is 1. The first-order chi connectivity index (χ1) is 14.3. The Labute approximate surface area is 175 Å². The molecule has 1 aliphatic carbocycles. The second-order valence-corrected chi connectivity index (χ2v) is 7.85. The van der Waals surface area contributed by atoms with E-state index in [1.54, 1.807) is 0 Å². The third-order valence-corrected chi connectivity index (χ3v) is 5.61. The highest BCUT2D eigenvalue weighted by Crippen LogP contribution is 2.25. The van der Waals surface area contributed by atoms with Crippen LogP contribution in [0, 0.1) is 0 Å². The molecule has 1 aromatic rings. The van der Waals surface area contributed by atoms with Gasteiger partial charge in [-0.2, -0.15) is 0 Å². The third-order valence-electron chi connectivity index (χ3n) is 5.61. The van der Waals surface area contributed by atoms with Crippen LogP contribution in [0.3, 0.4) is 0 Å². The maximum absolute atomic E-state index is 12.3. The first-order valence-corrected chi connectivity index (χ1v) is 11.1. The molecule has 4 nitrogen and oxygen atoms in total. The summed E-state index contributed by atoms with van der Waals surface area (Å²) in [6.45, 7) is 3.85. The monoisotopic (exact) mass is 391 g/mol. The van der Waals surface area contributed by atoms with Crippen LogP contribution in [0.25, 0.3) is 11.6 Å². The van der Waals surface area contributed by atoms with Gasteiger partial charge in [-0.15, -0.1) is 0 Å². The molecule has 0 unspecified atom stereocenters. The fourth-order valence-corrected chi connectivity index (χ4v) is 3.94. The van der Waals surface area contributed by atoms with E-state index in [1.165, 1.54) is 24.8 Å². The largest absolute Gasteiger partial charge is 0.343 e. The fraction of sp³-hybridized carbons (Fsp3) is 0.480. The van der Waals surface area contributed by atoms with Crippen LogP contribution in [0.5, 0.6) is 0 Å². The van der Waals surface area contributed by atoms with E-state index in [9.17, 15) is 4.79 Å². The maximum Gasteiger partial charge on any atom is 0.222 e. The van der Waals surface area contributed by atoms with Gasteiger partial charge in [-0.25, -0.2) is 9.97 Å². The van der Waals surface area contributed by atoms with Gasteiger partial charge in [0, 0.05) is 37.5 Å². The minimum absolute atomic E-state index is 0.272. The molecule has 1 aliphatic heterocycles. The molecule has 1 aromatic heterocycles. The van der Waals surface area contributed by atoms with Crippen LogP contribution >= 0.6 is 0 Å². The van der Waals surface area contributed by atoms with Crippen molar-refractivity contribution in [1.29, 1.82) is 0 Å². The predicted molar refractivity (Wildman–Crippen MR) is 120 cm³/mol. The molecule has 154 valence electrons. The number of nitrogens with zero attached hydrogens (tertiary/aromatic N) is 3. The molecule has 0 bridgehead atoms. The minimum Gasteiger partial charge on any atom is -0.343 e. The molecule has 1 amide bonds. The highest BCUT2D eigenvalue weighted by Gasteiger charge is 2.17. The van der Waals surface area contributed by atoms with Crippen LogP contribution in [0.2, 0.25) is 0 Å². The topological polar surface area (TPSA) is 46.1 Å². The second-order valence-electron chi connectivity index (χ2n) is 7.85. The van der Waals surface area contributed by atoms with Crippen molar-refractivity contribution in [2.75, 3.05) is 13.1 Å². The van der Waals surface area contributed by atoms with Crippen molar-refractivity contribution < 1.29 is 4.79 Å². The molecule has 0 N–H and O–H groups in total. The molecule has 0 aromatic carbocycles. The summed E-state index contributed by atoms with van der Waals surface area (Å²) < 4.78 is 0. The summed E-state index contributed by atoms with van der Waals surface area (Å²) in [6.07, 6.45) is 26.0. The summed E-state index contributed by atoms with van der Waals surface area (Å²) in [6, 6.07) is 0. The van der Waals surface area contributed by atoms with Crippen LogP contribution in [-0.2, 0) is 4.79 Å². The number of rotatable bonds is 7. The Hall–Kier alpha value is -2.49. The van der Waals surface area contributed by atoms with E-state index in [4.69, 9.17) is 0 Å². The van der Waals surface area contributed by atoms with E-state index < -0.39 is 0 Å². The van der Waals surface area contributed by atoms with E-state index in [1.807, 2.05) is 42.4 Å². The lowest BCUT2D eigenvalue weighted by Crippen LogP contribution is -2.27. The lowest BCUT2D eigenvalue weighted by molar-refractivity contribution is -0.130. The number of likely N-dealkylation sites (tertiary alicyclic amines) is 1. The van der Waals surface area contributed by atoms with E-state index in [-0.39, 0.29) is 5.91 Å². The number of hydrogen-bond acceptors (Lipinski definition) is 3. The highest BCUT2D eigenvalue weighted by atomic mass is 16.2. The quantitative estimate of drug-likeness (QED) is 0.557. The van der Waals surface area contributed by atoms with Gasteiger partial charge in [-0.1, -0.05) is 36.8 Å². The van der Waals surface area contributed by atoms with Crippen LogP contribution in [0.1, 0.15) is 76.1 Å². The summed E-state index contributed by atoms with van der Waals surface area (Å²) in [4.78, 5) is 23.3. The first-order valence-electron chi connectivity index (χ1n) is 11.1. The Morgan fingerprint density at radius 1 is 1.07 bits per heavy atom. The van der Waals surface area contributed by atoms with Gasteiger partial charge in [0.05, 0.1) is 0 Å². The van der Waals surface area contributed by atoms with Gasteiger partial charge in [0.2, 0.25) is 5.91 Å². The summed E-state index contributed by atoms with van der Waals surface area (Å²) in [5.74, 6) is 0.987. The molecule has 0 atom stereocenters. The third kappa shape index (κ3) is 6.81. The van der Waals surface area contributed by atoms with Crippen molar-refractivity contribution in [1.82, 2.24) is 14.9 Å². The smallest absolute Gasteiger partial charge is 0.222 e. The van der Waals surface area contributed by atoms with Crippen molar-refractivity contribution in [3.05, 3.63) is 59.7 Å². The van der Waals surface area contributed by atoms with Crippen LogP contribution in [-0.4, -0.2) is 33.9 Å². The predicted octanol–water partition coefficient (Wildman–Crippen LogP) is 5.74. The second kappa shape index (κ2) is 11.5. The fourth-order valence-electron chi connectivity index (χ4n) is 3.94. The number of allylic oxidation sites excluding steroid dienone is 7. The number of aromatic nitrogens is 2. The van der Waals surface area contributed by atoms with Crippen molar-refractivity contribution in [2.45, 2.75) is 64.7 Å². The molecule has 2 heterocycles. The van der Waals surface area contributed by atoms with Crippen LogP contribution in [0.4, 0.5) is 0 Å². The van der Waals surface area contributed by atoms with Crippen LogP contribution in [0.15, 0.2) is 48.3 Å². The van der Waals surface area contributed by atoms with Crippen LogP contribution < -0.4 is 0 Å². The van der Waals surface area contributed by atoms with Gasteiger partial charge >= 0.3 is 0 Å². The Balaban J connectivity index is 1.56. The molecule has 0 radical (unpaired) electrons. The molecule has 4 heteroatoms. The van der Waals surface area contributed by atoms with Gasteiger partial charge < -0.3 is 4.90 Å². The van der Waals surface area contributed by atoms with Gasteiger partial charge in [0.1, 0.15) is 0 Å². The number of carbonyl (C=O) groups is 1. The van der Waals surface area contributed by atoms with Crippen molar-refractivity contribution in [3.8, 4) is 0 Å². The molecular weight excluding hydrogens is 358 g/mol. The number of hydrogen-bond donors (Lipinski definition) is 0. The molecule has 0 saturated carbocycles. The normalized spacial score (nSPS) is 18.4. The zero-order valence-corrected chi connectivity index (χ0v) is 17.6. The molecule has 2 aliphatic rings. The molecule has 29 heavy (non-hydrogen) atoms. The van der Waals surface area contributed by atoms with Gasteiger partial charge in [0.25, 0.3) is 0 Å². The van der Waals surface area contributed by atoms with Gasteiger partial charge in [-0.3, -0.25) is 4.79 Å². The standard InChI is InChI=1S/C25H33N3O/c1-2-10-21(15-16-25(29)28-17-7-8-18-28)11-9-14-24-26-19-23(20-27-24)22-12-5-3-4-6-13-22/h2,9-12,14,19-20H,3-8,13,15-18H2,1H3/b10-2-,14-9+,21-11+. The molecule has 1 fully saturated rings. The van der Waals surface area contributed by atoms with Gasteiger partial charge in [0.15, 0.2) is 5.82 Å². The summed E-state index contributed by atoms with van der Waals surface area (Å²) in [5.41, 5.74) is 3.68. The molecular formula is C25H33N3O. The van der Waals surface area contributed by atoms with Gasteiger partial charge in [-0.05, 0) is 69.1 Å². The Morgan fingerprint density at radius 2 is 1.86 bits per heavy atom. The van der Waals surface area contributed by atoms with Crippen molar-refractivity contribution >= 4 is 17.6 Å². The highest BCUT2D eigenvalue weighted by molar-refractivity contribution is 5.76. The average molecular weight is 392 g/mol. The molecule has 0 spiro atoms. The van der Waals surface area contributed by atoms with Crippen molar-refractivity contribution in [3.63, 3.8) is 0 Å². The summed E-state index contributed by atoms with van der Waals surface area (Å²) in [5, 5.41) is 0. The zero-order chi connectivity index (χ0) is 20.3. The summed E-state index contributed by atoms with van der Waals surface area (Å²) in [7, 11) is 0. The SMILES string of the molecule is C\C=C/C(=C\C=C\c1ncc(C2=CCCCCC2)cn1)CCC(=O)N1CCCC1. The van der Waals surface area contributed by atoms with E-state index >= 15 is 0 Å². The molecule has 1 saturated heterocycles. The minimum atomic E-state index is 0.272. The lowest BCUT2D eigenvalue weighted by atomic mass is 10.0. The van der Waals surface area contributed by atoms with E-state index in [0.717, 1.165) is 56.3 Å². The van der Waals surface area contributed by atoms with E-state index in [0.29, 0.717) is 12.2 Å². The molecule has 3 rings (SSSR count). The Kier molecular flexibility index (Phi) is 8.41. The van der Waals surface area contributed by atoms with Crippen molar-refractivity contribution in [2.24, 2.45) is 0 Å². The van der Waals surface area contributed by atoms with E-state index in [2.05, 4.69) is 28.2 Å². The maximum atomic E-state index is 12.3.